The number of nitriles is 1. The van der Waals surface area contributed by atoms with Crippen LogP contribution in [0.15, 0.2) is 59.4 Å². The number of aryl methyl sites for hydroxylation is 1. The maximum Gasteiger partial charge on any atom is 0.273 e. The van der Waals surface area contributed by atoms with Gasteiger partial charge in [-0.25, -0.2) is 0 Å². The first-order chi connectivity index (χ1) is 14.5. The molecule has 5 nitrogen and oxygen atoms in total. The van der Waals surface area contributed by atoms with Crippen molar-refractivity contribution in [1.29, 1.82) is 5.26 Å². The van der Waals surface area contributed by atoms with Gasteiger partial charge in [0.2, 0.25) is 0 Å². The fourth-order valence-electron chi connectivity index (χ4n) is 2.94. The molecule has 0 radical (unpaired) electrons. The molecular formula is C24H23N3O2S. The van der Waals surface area contributed by atoms with Crippen LogP contribution in [0, 0.1) is 18.3 Å². The number of nitrogens with zero attached hydrogens (tertiary/aromatic N) is 2. The van der Waals surface area contributed by atoms with Gasteiger partial charge in [0.05, 0.1) is 10.2 Å². The molecule has 0 aliphatic rings. The van der Waals surface area contributed by atoms with E-state index in [1.807, 2.05) is 62.4 Å². The van der Waals surface area contributed by atoms with Crippen LogP contribution in [0.25, 0.3) is 17.3 Å². The first-order valence-electron chi connectivity index (χ1n) is 9.83. The molecular weight excluding hydrogens is 394 g/mol. The van der Waals surface area contributed by atoms with E-state index in [-0.39, 0.29) is 11.1 Å². The largest absolute Gasteiger partial charge is 0.351 e. The first kappa shape index (κ1) is 21.3. The quantitative estimate of drug-likeness (QED) is 0.627. The molecule has 152 valence electrons. The molecule has 0 unspecified atom stereocenters. The van der Waals surface area contributed by atoms with Crippen LogP contribution in [0.5, 0.6) is 0 Å². The molecule has 0 aliphatic carbocycles. The van der Waals surface area contributed by atoms with Crippen LogP contribution in [-0.4, -0.2) is 17.0 Å². The molecule has 1 heterocycles. The smallest absolute Gasteiger partial charge is 0.273 e. The number of benzene rings is 2. The Kier molecular flexibility index (Phi) is 6.99. The van der Waals surface area contributed by atoms with Crippen molar-refractivity contribution in [2.24, 2.45) is 0 Å². The molecule has 30 heavy (non-hydrogen) atoms. The van der Waals surface area contributed by atoms with E-state index in [0.717, 1.165) is 35.3 Å². The van der Waals surface area contributed by atoms with Crippen LogP contribution in [0.1, 0.15) is 30.9 Å². The second kappa shape index (κ2) is 9.86. The molecule has 0 bridgehead atoms. The third-order valence-electron chi connectivity index (χ3n) is 4.58. The lowest BCUT2D eigenvalue weighted by Crippen LogP contribution is -2.34. The van der Waals surface area contributed by atoms with Crippen LogP contribution < -0.4 is 20.1 Å². The average Bonchev–Trinajstić information content (AvgIpc) is 3.07. The van der Waals surface area contributed by atoms with Gasteiger partial charge < -0.3 is 5.32 Å². The normalized spacial score (nSPS) is 12.4. The van der Waals surface area contributed by atoms with E-state index >= 15 is 0 Å². The number of para-hydroxylation sites is 1. The van der Waals surface area contributed by atoms with Gasteiger partial charge in [-0.3, -0.25) is 14.2 Å². The third kappa shape index (κ3) is 4.76. The van der Waals surface area contributed by atoms with Gasteiger partial charge in [-0.2, -0.15) is 5.26 Å². The molecule has 0 fully saturated rings. The number of hydrogen-bond donors (Lipinski definition) is 1. The lowest BCUT2D eigenvalue weighted by molar-refractivity contribution is -0.115. The van der Waals surface area contributed by atoms with E-state index < -0.39 is 5.91 Å². The average molecular weight is 418 g/mol. The van der Waals surface area contributed by atoms with E-state index in [1.165, 1.54) is 4.57 Å². The van der Waals surface area contributed by atoms with E-state index in [1.54, 1.807) is 18.2 Å². The number of carbonyl (C=O) groups is 1. The minimum absolute atomic E-state index is 0.0550. The Morgan fingerprint density at radius 1 is 1.17 bits per heavy atom. The monoisotopic (exact) mass is 417 g/mol. The highest BCUT2D eigenvalue weighted by molar-refractivity contribution is 7.07. The number of nitrogens with one attached hydrogen (secondary N) is 1. The second-order valence-corrected chi connectivity index (χ2v) is 7.93. The fraction of sp³-hybridized carbons (Fsp3) is 0.208. The summed E-state index contributed by atoms with van der Waals surface area (Å²) in [4.78, 5) is 25.9. The minimum Gasteiger partial charge on any atom is -0.351 e. The Balaban J connectivity index is 2.26. The highest BCUT2D eigenvalue weighted by Gasteiger charge is 2.16. The molecule has 1 aromatic heterocycles. The summed E-state index contributed by atoms with van der Waals surface area (Å²) in [6, 6.07) is 18.9. The van der Waals surface area contributed by atoms with Crippen LogP contribution in [0.2, 0.25) is 0 Å². The Labute approximate surface area is 179 Å². The molecule has 2 aromatic carbocycles. The zero-order valence-electron chi connectivity index (χ0n) is 17.0. The number of amides is 1. The summed E-state index contributed by atoms with van der Waals surface area (Å²) >= 11 is 1.15. The van der Waals surface area contributed by atoms with Crippen molar-refractivity contribution in [2.45, 2.75) is 26.7 Å². The molecule has 0 spiro atoms. The number of rotatable bonds is 6. The van der Waals surface area contributed by atoms with Gasteiger partial charge in [0, 0.05) is 6.54 Å². The zero-order valence-corrected chi connectivity index (χ0v) is 17.8. The number of hydrogen-bond acceptors (Lipinski definition) is 4. The van der Waals surface area contributed by atoms with E-state index in [0.29, 0.717) is 21.4 Å². The fourth-order valence-corrected chi connectivity index (χ4v) is 4.04. The van der Waals surface area contributed by atoms with Gasteiger partial charge in [0.25, 0.3) is 11.5 Å². The van der Waals surface area contributed by atoms with Crippen molar-refractivity contribution in [3.63, 3.8) is 0 Å². The molecule has 1 amide bonds. The van der Waals surface area contributed by atoms with Crippen LogP contribution in [0.3, 0.4) is 0 Å². The SMILES string of the molecule is CCCCNC(=O)/C(C#N)=c1\s/c(=C\c2ccc(C)cc2)c(=O)n1-c1ccccc1. The van der Waals surface area contributed by atoms with Gasteiger partial charge in [-0.1, -0.05) is 61.4 Å². The predicted octanol–water partition coefficient (Wildman–Crippen LogP) is 2.63. The molecule has 0 saturated heterocycles. The highest BCUT2D eigenvalue weighted by atomic mass is 32.1. The van der Waals surface area contributed by atoms with Gasteiger partial charge in [0.15, 0.2) is 5.57 Å². The summed E-state index contributed by atoms with van der Waals surface area (Å²) in [5.41, 5.74) is 2.32. The maximum absolute atomic E-state index is 13.3. The van der Waals surface area contributed by atoms with Gasteiger partial charge >= 0.3 is 0 Å². The number of unbranched alkanes of at least 4 members (excludes halogenated alkanes) is 1. The summed E-state index contributed by atoms with van der Waals surface area (Å²) in [6.07, 6.45) is 3.55. The topological polar surface area (TPSA) is 74.9 Å². The van der Waals surface area contributed by atoms with Crippen molar-refractivity contribution in [3.05, 3.63) is 85.3 Å². The summed E-state index contributed by atoms with van der Waals surface area (Å²) in [7, 11) is 0. The van der Waals surface area contributed by atoms with Crippen LogP contribution in [0.4, 0.5) is 0 Å². The highest BCUT2D eigenvalue weighted by Crippen LogP contribution is 2.06. The lowest BCUT2D eigenvalue weighted by atomic mass is 10.1. The second-order valence-electron chi connectivity index (χ2n) is 6.90. The van der Waals surface area contributed by atoms with Gasteiger partial charge in [-0.15, -0.1) is 11.3 Å². The first-order valence-corrected chi connectivity index (χ1v) is 10.6. The summed E-state index contributed by atoms with van der Waals surface area (Å²) in [6.45, 7) is 4.52. The number of carbonyl (C=O) groups excluding carboxylic acids is 1. The molecule has 0 saturated carbocycles. The molecule has 3 rings (SSSR count). The Hall–Kier alpha value is -3.43. The number of aromatic nitrogens is 1. The van der Waals surface area contributed by atoms with E-state index in [9.17, 15) is 14.9 Å². The van der Waals surface area contributed by atoms with Gasteiger partial charge in [-0.05, 0) is 37.1 Å². The molecule has 1 N–H and O–H groups in total. The van der Waals surface area contributed by atoms with Gasteiger partial charge in [0.1, 0.15) is 10.7 Å². The molecule has 0 atom stereocenters. The maximum atomic E-state index is 13.3. The van der Waals surface area contributed by atoms with E-state index in [4.69, 9.17) is 0 Å². The van der Waals surface area contributed by atoms with E-state index in [2.05, 4.69) is 5.32 Å². The Morgan fingerprint density at radius 2 is 1.87 bits per heavy atom. The van der Waals surface area contributed by atoms with Crippen molar-refractivity contribution in [2.75, 3.05) is 6.54 Å². The Bertz CT molecular complexity index is 1250. The molecule has 6 heteroatoms. The number of thiazole rings is 1. The summed E-state index contributed by atoms with van der Waals surface area (Å²) < 4.78 is 2.25. The van der Waals surface area contributed by atoms with Crippen LogP contribution in [-0.2, 0) is 4.79 Å². The van der Waals surface area contributed by atoms with Crippen molar-refractivity contribution < 1.29 is 4.79 Å². The molecule has 0 aliphatic heterocycles. The zero-order chi connectivity index (χ0) is 21.5. The van der Waals surface area contributed by atoms with Crippen molar-refractivity contribution in [1.82, 2.24) is 9.88 Å². The molecule has 3 aromatic rings. The van der Waals surface area contributed by atoms with Crippen molar-refractivity contribution >= 4 is 28.9 Å². The minimum atomic E-state index is -0.459. The van der Waals surface area contributed by atoms with Crippen LogP contribution >= 0.6 is 11.3 Å². The third-order valence-corrected chi connectivity index (χ3v) is 5.67. The summed E-state index contributed by atoms with van der Waals surface area (Å²) in [5.74, 6) is -0.459. The predicted molar refractivity (Wildman–Crippen MR) is 121 cm³/mol. The van der Waals surface area contributed by atoms with Crippen molar-refractivity contribution in [3.8, 4) is 11.8 Å². The standard InChI is InChI=1S/C24H23N3O2S/c1-3-4-14-26-22(28)20(16-25)24-27(19-8-6-5-7-9-19)23(29)21(30-24)15-18-12-10-17(2)11-13-18/h5-13,15H,3-4,14H2,1-2H3,(H,26,28)/b21-15-,24-20-. The lowest BCUT2D eigenvalue weighted by Gasteiger charge is -2.05. The Morgan fingerprint density at radius 3 is 2.50 bits per heavy atom. The summed E-state index contributed by atoms with van der Waals surface area (Å²) in [5, 5.41) is 12.5.